The van der Waals surface area contributed by atoms with Gasteiger partial charge in [-0.05, 0) is 0 Å². The molecule has 0 aliphatic rings. The summed E-state index contributed by atoms with van der Waals surface area (Å²) in [6, 6.07) is 0. The number of rotatable bonds is 2. The molecule has 1 aromatic heterocycles. The number of halogens is 2. The van der Waals surface area contributed by atoms with Gasteiger partial charge in [0.05, 0.1) is 6.54 Å². The first-order valence-electron chi connectivity index (χ1n) is 2.39. The first-order chi connectivity index (χ1) is 4.29. The zero-order chi connectivity index (χ0) is 6.69. The van der Waals surface area contributed by atoms with Crippen molar-refractivity contribution in [3.05, 3.63) is 12.7 Å². The van der Waals surface area contributed by atoms with E-state index in [9.17, 15) is 8.78 Å². The highest BCUT2D eigenvalue weighted by atomic mass is 19.3. The van der Waals surface area contributed by atoms with Gasteiger partial charge in [-0.1, -0.05) is 0 Å². The summed E-state index contributed by atoms with van der Waals surface area (Å²) >= 11 is 0. The van der Waals surface area contributed by atoms with Crippen LogP contribution in [0.2, 0.25) is 0 Å². The minimum atomic E-state index is -2.33. The van der Waals surface area contributed by atoms with Crippen LogP contribution in [0.1, 0.15) is 0 Å². The highest BCUT2D eigenvalue weighted by molar-refractivity contribution is 4.59. The molecular formula is C4H5F2N3. The second-order valence-electron chi connectivity index (χ2n) is 1.55. The van der Waals surface area contributed by atoms with Crippen LogP contribution in [-0.2, 0) is 6.54 Å². The second-order valence-corrected chi connectivity index (χ2v) is 1.55. The van der Waals surface area contributed by atoms with Crippen molar-refractivity contribution in [3.8, 4) is 0 Å². The molecule has 3 nitrogen and oxygen atoms in total. The Hall–Kier alpha value is -1.00. The Bertz CT molecular complexity index is 160. The van der Waals surface area contributed by atoms with Crippen molar-refractivity contribution in [2.75, 3.05) is 0 Å². The summed E-state index contributed by atoms with van der Waals surface area (Å²) in [5.41, 5.74) is 0. The van der Waals surface area contributed by atoms with Crippen molar-refractivity contribution in [1.82, 2.24) is 14.8 Å². The van der Waals surface area contributed by atoms with E-state index in [1.54, 1.807) is 0 Å². The van der Waals surface area contributed by atoms with E-state index in [-0.39, 0.29) is 6.54 Å². The minimum Gasteiger partial charge on any atom is -0.314 e. The molecule has 0 amide bonds. The van der Waals surface area contributed by atoms with Gasteiger partial charge in [0, 0.05) is 0 Å². The van der Waals surface area contributed by atoms with Gasteiger partial charge in [0.25, 0.3) is 6.43 Å². The molecule has 0 radical (unpaired) electrons. The van der Waals surface area contributed by atoms with Gasteiger partial charge in [-0.25, -0.2) is 8.78 Å². The molecule has 50 valence electrons. The molecule has 0 N–H and O–H groups in total. The zero-order valence-electron chi connectivity index (χ0n) is 4.54. The fourth-order valence-corrected chi connectivity index (χ4v) is 0.476. The Labute approximate surface area is 50.3 Å². The zero-order valence-corrected chi connectivity index (χ0v) is 4.54. The molecule has 0 aliphatic carbocycles. The lowest BCUT2D eigenvalue weighted by Crippen LogP contribution is -2.03. The Morgan fingerprint density at radius 1 is 1.33 bits per heavy atom. The van der Waals surface area contributed by atoms with E-state index in [1.807, 2.05) is 0 Å². The fourth-order valence-electron chi connectivity index (χ4n) is 0.476. The first kappa shape index (κ1) is 6.12. The van der Waals surface area contributed by atoms with Crippen LogP contribution in [0, 0.1) is 0 Å². The predicted octanol–water partition coefficient (Wildman–Crippen LogP) is 0.543. The van der Waals surface area contributed by atoms with Crippen LogP contribution in [0.25, 0.3) is 0 Å². The molecule has 1 aromatic rings. The summed E-state index contributed by atoms with van der Waals surface area (Å²) in [6.45, 7) is -0.326. The molecule has 0 spiro atoms. The molecule has 0 saturated heterocycles. The third kappa shape index (κ3) is 1.75. The average Bonchev–Trinajstić information content (AvgIpc) is 2.15. The number of hydrogen-bond acceptors (Lipinski definition) is 2. The molecule has 0 atom stereocenters. The number of nitrogens with zero attached hydrogens (tertiary/aromatic N) is 3. The van der Waals surface area contributed by atoms with E-state index in [1.165, 1.54) is 17.2 Å². The SMILES string of the molecule is FC(F)Cn1cnnc1. The van der Waals surface area contributed by atoms with Gasteiger partial charge in [0.1, 0.15) is 12.7 Å². The van der Waals surface area contributed by atoms with Crippen LogP contribution in [0.3, 0.4) is 0 Å². The lowest BCUT2D eigenvalue weighted by molar-refractivity contribution is 0.126. The standard InChI is InChI=1S/C4H5F2N3/c5-4(6)1-9-2-7-8-3-9/h2-4H,1H2. The van der Waals surface area contributed by atoms with Crippen LogP contribution < -0.4 is 0 Å². The third-order valence-corrected chi connectivity index (χ3v) is 0.815. The van der Waals surface area contributed by atoms with Gasteiger partial charge in [0.2, 0.25) is 0 Å². The van der Waals surface area contributed by atoms with Crippen molar-refractivity contribution in [1.29, 1.82) is 0 Å². The van der Waals surface area contributed by atoms with Gasteiger partial charge in [-0.15, -0.1) is 10.2 Å². The van der Waals surface area contributed by atoms with Crippen molar-refractivity contribution < 1.29 is 8.78 Å². The average molecular weight is 133 g/mol. The number of aromatic nitrogens is 3. The maximum Gasteiger partial charge on any atom is 0.256 e. The number of alkyl halides is 2. The molecule has 1 heterocycles. The molecule has 9 heavy (non-hydrogen) atoms. The highest BCUT2D eigenvalue weighted by Crippen LogP contribution is 1.95. The normalized spacial score (nSPS) is 10.6. The van der Waals surface area contributed by atoms with Crippen molar-refractivity contribution in [3.63, 3.8) is 0 Å². The summed E-state index contributed by atoms with van der Waals surface area (Å²) in [7, 11) is 0. The van der Waals surface area contributed by atoms with E-state index < -0.39 is 6.43 Å². The Balaban J connectivity index is 2.48. The molecule has 0 saturated carbocycles. The summed E-state index contributed by atoms with van der Waals surface area (Å²) in [6.07, 6.45) is 0.180. The molecule has 5 heteroatoms. The third-order valence-electron chi connectivity index (χ3n) is 0.815. The monoisotopic (exact) mass is 133 g/mol. The summed E-state index contributed by atoms with van der Waals surface area (Å²) in [4.78, 5) is 0. The van der Waals surface area contributed by atoms with Crippen LogP contribution in [-0.4, -0.2) is 21.2 Å². The largest absolute Gasteiger partial charge is 0.314 e. The summed E-state index contributed by atoms with van der Waals surface area (Å²) in [5.74, 6) is 0. The van der Waals surface area contributed by atoms with Crippen LogP contribution in [0.4, 0.5) is 8.78 Å². The van der Waals surface area contributed by atoms with Gasteiger partial charge in [-0.2, -0.15) is 0 Å². The topological polar surface area (TPSA) is 30.7 Å². The van der Waals surface area contributed by atoms with Gasteiger partial charge < -0.3 is 4.57 Å². The summed E-state index contributed by atoms with van der Waals surface area (Å²) in [5, 5.41) is 6.71. The van der Waals surface area contributed by atoms with Crippen molar-refractivity contribution >= 4 is 0 Å². The molecule has 0 fully saturated rings. The first-order valence-corrected chi connectivity index (χ1v) is 2.39. The fraction of sp³-hybridized carbons (Fsp3) is 0.500. The van der Waals surface area contributed by atoms with E-state index in [0.29, 0.717) is 0 Å². The molecule has 0 aliphatic heterocycles. The van der Waals surface area contributed by atoms with Gasteiger partial charge in [0.15, 0.2) is 0 Å². The smallest absolute Gasteiger partial charge is 0.256 e. The number of hydrogen-bond donors (Lipinski definition) is 0. The van der Waals surface area contributed by atoms with Gasteiger partial charge in [-0.3, -0.25) is 0 Å². The molecule has 1 rings (SSSR count). The quantitative estimate of drug-likeness (QED) is 0.589. The predicted molar refractivity (Wildman–Crippen MR) is 26.0 cm³/mol. The van der Waals surface area contributed by atoms with E-state index in [4.69, 9.17) is 0 Å². The second kappa shape index (κ2) is 2.52. The lowest BCUT2D eigenvalue weighted by Gasteiger charge is -1.95. The Morgan fingerprint density at radius 2 is 1.89 bits per heavy atom. The van der Waals surface area contributed by atoms with Gasteiger partial charge >= 0.3 is 0 Å². The van der Waals surface area contributed by atoms with Crippen LogP contribution >= 0.6 is 0 Å². The Kier molecular flexibility index (Phi) is 1.72. The minimum absolute atomic E-state index is 0.326. The maximum atomic E-state index is 11.5. The lowest BCUT2D eigenvalue weighted by atomic mass is 10.7. The van der Waals surface area contributed by atoms with E-state index in [0.717, 1.165) is 0 Å². The van der Waals surface area contributed by atoms with E-state index >= 15 is 0 Å². The summed E-state index contributed by atoms with van der Waals surface area (Å²) < 4.78 is 24.3. The molecule has 0 bridgehead atoms. The molecular weight excluding hydrogens is 128 g/mol. The maximum absolute atomic E-state index is 11.5. The van der Waals surface area contributed by atoms with Crippen molar-refractivity contribution in [2.45, 2.75) is 13.0 Å². The Morgan fingerprint density at radius 3 is 2.33 bits per heavy atom. The molecule has 0 aromatic carbocycles. The van der Waals surface area contributed by atoms with Crippen LogP contribution in [0.15, 0.2) is 12.7 Å². The van der Waals surface area contributed by atoms with Crippen LogP contribution in [0.5, 0.6) is 0 Å². The highest BCUT2D eigenvalue weighted by Gasteiger charge is 2.01. The van der Waals surface area contributed by atoms with Crippen molar-refractivity contribution in [2.24, 2.45) is 0 Å². The van der Waals surface area contributed by atoms with E-state index in [2.05, 4.69) is 10.2 Å². The molecule has 0 unspecified atom stereocenters.